The molecule has 0 aliphatic carbocycles. The second-order valence-corrected chi connectivity index (χ2v) is 8.17. The van der Waals surface area contributed by atoms with E-state index in [9.17, 15) is 24.6 Å². The molecule has 1 aromatic carbocycles. The number of hydrogen-bond donors (Lipinski definition) is 3. The van der Waals surface area contributed by atoms with Crippen molar-refractivity contribution < 1.29 is 24.6 Å². The van der Waals surface area contributed by atoms with Gasteiger partial charge in [-0.1, -0.05) is 32.9 Å². The minimum atomic E-state index is -1.08. The van der Waals surface area contributed by atoms with Gasteiger partial charge in [-0.3, -0.25) is 9.59 Å². The molecule has 0 spiro atoms. The van der Waals surface area contributed by atoms with Crippen LogP contribution in [-0.4, -0.2) is 51.5 Å². The normalized spacial score (nSPS) is 18.2. The molecule has 1 aliphatic heterocycles. The number of aromatic hydroxyl groups is 1. The Morgan fingerprint density at radius 2 is 1.93 bits per heavy atom. The Kier molecular flexibility index (Phi) is 6.46. The molecule has 1 aromatic rings. The predicted molar refractivity (Wildman–Crippen MR) is 100 cm³/mol. The van der Waals surface area contributed by atoms with E-state index < -0.39 is 29.9 Å². The number of carboxylic acid groups (broad SMARTS) is 1. The van der Waals surface area contributed by atoms with Crippen LogP contribution in [-0.2, 0) is 9.59 Å². The van der Waals surface area contributed by atoms with Crippen molar-refractivity contribution in [1.82, 2.24) is 10.2 Å². The van der Waals surface area contributed by atoms with Crippen molar-refractivity contribution in [2.75, 3.05) is 6.54 Å². The van der Waals surface area contributed by atoms with Crippen LogP contribution in [0.1, 0.15) is 56.8 Å². The van der Waals surface area contributed by atoms with Gasteiger partial charge in [-0.05, 0) is 43.2 Å². The Bertz CT molecular complexity index is 711. The molecule has 0 saturated carbocycles. The summed E-state index contributed by atoms with van der Waals surface area (Å²) in [7, 11) is 0. The van der Waals surface area contributed by atoms with Crippen LogP contribution < -0.4 is 5.32 Å². The fourth-order valence-corrected chi connectivity index (χ4v) is 3.19. The van der Waals surface area contributed by atoms with Gasteiger partial charge in [0.2, 0.25) is 5.91 Å². The average Bonchev–Trinajstić information content (AvgIpc) is 3.07. The molecule has 3 N–H and O–H groups in total. The Labute approximate surface area is 159 Å². The molecule has 148 valence electrons. The smallest absolute Gasteiger partial charge is 0.326 e. The van der Waals surface area contributed by atoms with Crippen molar-refractivity contribution in [3.8, 4) is 5.75 Å². The first-order valence-corrected chi connectivity index (χ1v) is 9.22. The fourth-order valence-electron chi connectivity index (χ4n) is 3.19. The van der Waals surface area contributed by atoms with E-state index >= 15 is 0 Å². The first-order valence-electron chi connectivity index (χ1n) is 9.22. The molecule has 2 atom stereocenters. The largest absolute Gasteiger partial charge is 0.507 e. The van der Waals surface area contributed by atoms with Gasteiger partial charge in [-0.15, -0.1) is 0 Å². The summed E-state index contributed by atoms with van der Waals surface area (Å²) >= 11 is 0. The number of amides is 2. The lowest BCUT2D eigenvalue weighted by Crippen LogP contribution is -2.51. The first-order chi connectivity index (χ1) is 12.6. The van der Waals surface area contributed by atoms with Crippen molar-refractivity contribution in [1.29, 1.82) is 0 Å². The van der Waals surface area contributed by atoms with Gasteiger partial charge in [0.25, 0.3) is 5.91 Å². The Balaban J connectivity index is 2.08. The molecule has 0 aromatic heterocycles. The monoisotopic (exact) mass is 376 g/mol. The first kappa shape index (κ1) is 20.7. The second kappa shape index (κ2) is 8.41. The number of benzene rings is 1. The van der Waals surface area contributed by atoms with Crippen molar-refractivity contribution >= 4 is 17.8 Å². The van der Waals surface area contributed by atoms with E-state index in [1.54, 1.807) is 12.1 Å². The van der Waals surface area contributed by atoms with E-state index in [0.29, 0.717) is 32.2 Å². The van der Waals surface area contributed by atoms with Gasteiger partial charge in [0.1, 0.15) is 17.8 Å². The van der Waals surface area contributed by atoms with Gasteiger partial charge in [0, 0.05) is 6.54 Å². The van der Waals surface area contributed by atoms with E-state index in [0.717, 1.165) is 0 Å². The van der Waals surface area contributed by atoms with Crippen LogP contribution in [0.3, 0.4) is 0 Å². The van der Waals surface area contributed by atoms with E-state index in [1.807, 2.05) is 20.8 Å². The number of carbonyl (C=O) groups excluding carboxylic acids is 2. The van der Waals surface area contributed by atoms with Crippen LogP contribution in [0.4, 0.5) is 0 Å². The number of likely N-dealkylation sites (tertiary alicyclic amines) is 1. The number of para-hydroxylation sites is 1. The molecule has 0 radical (unpaired) electrons. The summed E-state index contributed by atoms with van der Waals surface area (Å²) in [5, 5.41) is 21.9. The van der Waals surface area contributed by atoms with Crippen LogP contribution in [0.5, 0.6) is 5.75 Å². The number of nitrogens with zero attached hydrogens (tertiary/aromatic N) is 1. The molecule has 2 rings (SSSR count). The Hall–Kier alpha value is -2.57. The molecule has 7 nitrogen and oxygen atoms in total. The number of aliphatic carboxylic acids is 1. The molecular formula is C20H28N2O5. The highest BCUT2D eigenvalue weighted by atomic mass is 16.4. The Morgan fingerprint density at radius 1 is 1.26 bits per heavy atom. The van der Waals surface area contributed by atoms with Gasteiger partial charge in [0.15, 0.2) is 0 Å². The molecule has 0 bridgehead atoms. The van der Waals surface area contributed by atoms with E-state index in [2.05, 4.69) is 5.32 Å². The third-order valence-electron chi connectivity index (χ3n) is 4.75. The van der Waals surface area contributed by atoms with Crippen molar-refractivity contribution in [2.45, 2.75) is 58.5 Å². The van der Waals surface area contributed by atoms with E-state index in [4.69, 9.17) is 0 Å². The summed E-state index contributed by atoms with van der Waals surface area (Å²) in [4.78, 5) is 38.3. The van der Waals surface area contributed by atoms with Crippen LogP contribution >= 0.6 is 0 Å². The third kappa shape index (κ3) is 5.45. The summed E-state index contributed by atoms with van der Waals surface area (Å²) in [6.07, 6.45) is 2.09. The fraction of sp³-hybridized carbons (Fsp3) is 0.550. The number of hydrogen-bond acceptors (Lipinski definition) is 4. The number of nitrogens with one attached hydrogen (secondary N) is 1. The van der Waals surface area contributed by atoms with Gasteiger partial charge >= 0.3 is 5.97 Å². The topological polar surface area (TPSA) is 107 Å². The van der Waals surface area contributed by atoms with Crippen LogP contribution in [0, 0.1) is 5.41 Å². The quantitative estimate of drug-likeness (QED) is 0.707. The molecule has 7 heteroatoms. The van der Waals surface area contributed by atoms with Crippen LogP contribution in [0.25, 0.3) is 0 Å². The van der Waals surface area contributed by atoms with Crippen LogP contribution in [0.2, 0.25) is 0 Å². The lowest BCUT2D eigenvalue weighted by Gasteiger charge is -2.27. The second-order valence-electron chi connectivity index (χ2n) is 8.17. The van der Waals surface area contributed by atoms with Crippen molar-refractivity contribution in [3.63, 3.8) is 0 Å². The SMILES string of the molecule is CC(C)(C)CCC(NC(=O)C1CCCN1C(=O)c1ccccc1O)C(=O)O. The van der Waals surface area contributed by atoms with Crippen LogP contribution in [0.15, 0.2) is 24.3 Å². The molecule has 27 heavy (non-hydrogen) atoms. The van der Waals surface area contributed by atoms with Crippen molar-refractivity contribution in [3.05, 3.63) is 29.8 Å². The molecule has 1 aliphatic rings. The third-order valence-corrected chi connectivity index (χ3v) is 4.75. The average molecular weight is 376 g/mol. The van der Waals surface area contributed by atoms with Gasteiger partial charge in [-0.25, -0.2) is 4.79 Å². The molecule has 1 saturated heterocycles. The number of phenolic OH excluding ortho intramolecular Hbond substituents is 1. The zero-order valence-corrected chi connectivity index (χ0v) is 16.1. The van der Waals surface area contributed by atoms with Crippen molar-refractivity contribution in [2.24, 2.45) is 5.41 Å². The highest BCUT2D eigenvalue weighted by molar-refractivity contribution is 6.00. The molecule has 2 amide bonds. The van der Waals surface area contributed by atoms with Gasteiger partial charge < -0.3 is 20.4 Å². The highest BCUT2D eigenvalue weighted by Gasteiger charge is 2.37. The summed E-state index contributed by atoms with van der Waals surface area (Å²) in [6, 6.07) is 4.48. The lowest BCUT2D eigenvalue weighted by molar-refractivity contribution is -0.142. The minimum Gasteiger partial charge on any atom is -0.507 e. The molecule has 1 heterocycles. The maximum Gasteiger partial charge on any atom is 0.326 e. The van der Waals surface area contributed by atoms with E-state index in [1.165, 1.54) is 17.0 Å². The number of carbonyl (C=O) groups is 3. The van der Waals surface area contributed by atoms with Gasteiger partial charge in [0.05, 0.1) is 5.56 Å². The predicted octanol–water partition coefficient (Wildman–Crippen LogP) is 2.39. The number of rotatable bonds is 6. The Morgan fingerprint density at radius 3 is 2.52 bits per heavy atom. The zero-order valence-electron chi connectivity index (χ0n) is 16.1. The molecule has 1 fully saturated rings. The summed E-state index contributed by atoms with van der Waals surface area (Å²) < 4.78 is 0. The summed E-state index contributed by atoms with van der Waals surface area (Å²) in [5.74, 6) is -2.10. The molecule has 2 unspecified atom stereocenters. The summed E-state index contributed by atoms with van der Waals surface area (Å²) in [5.41, 5.74) is 0.0956. The maximum absolute atomic E-state index is 12.7. The van der Waals surface area contributed by atoms with E-state index in [-0.39, 0.29) is 16.7 Å². The standard InChI is InChI=1S/C20H28N2O5/c1-20(2,3)11-10-14(19(26)27)21-17(24)15-8-6-12-22(15)18(25)13-7-4-5-9-16(13)23/h4-5,7,9,14-15,23H,6,8,10-12H2,1-3H3,(H,21,24)(H,26,27). The maximum atomic E-state index is 12.7. The lowest BCUT2D eigenvalue weighted by atomic mass is 9.88. The zero-order chi connectivity index (χ0) is 20.2. The minimum absolute atomic E-state index is 0.0430. The number of phenols is 1. The summed E-state index contributed by atoms with van der Waals surface area (Å²) in [6.45, 7) is 6.43. The number of carboxylic acids is 1. The van der Waals surface area contributed by atoms with Gasteiger partial charge in [-0.2, -0.15) is 0 Å². The highest BCUT2D eigenvalue weighted by Crippen LogP contribution is 2.25. The molecular weight excluding hydrogens is 348 g/mol.